The molecule has 1 aliphatic rings. The van der Waals surface area contributed by atoms with E-state index in [1.807, 2.05) is 24.3 Å². The summed E-state index contributed by atoms with van der Waals surface area (Å²) in [6, 6.07) is 7.59. The fourth-order valence-electron chi connectivity index (χ4n) is 3.93. The number of para-hydroxylation sites is 2. The van der Waals surface area contributed by atoms with Crippen molar-refractivity contribution in [2.24, 2.45) is 5.73 Å². The molecule has 1 aliphatic heterocycles. The van der Waals surface area contributed by atoms with Gasteiger partial charge in [-0.1, -0.05) is 12.1 Å². The summed E-state index contributed by atoms with van der Waals surface area (Å²) in [5.74, 6) is -0.324. The number of H-pyrrole nitrogens is 1. The van der Waals surface area contributed by atoms with Crippen LogP contribution in [0.1, 0.15) is 23.3 Å². The fraction of sp³-hybridized carbons (Fsp3) is 0.238. The minimum Gasteiger partial charge on any atom is -0.368 e. The molecule has 4 aromatic rings. The summed E-state index contributed by atoms with van der Waals surface area (Å²) in [6.45, 7) is 1.66. The first-order valence-electron chi connectivity index (χ1n) is 9.79. The molecule has 1 saturated heterocycles. The Kier molecular flexibility index (Phi) is 4.84. The first kappa shape index (κ1) is 19.0. The number of nitrogens with zero attached hydrogens (tertiary/aromatic N) is 4. The van der Waals surface area contributed by atoms with Crippen molar-refractivity contribution in [3.05, 3.63) is 53.0 Å². The number of carbonyl (C=O) groups is 1. The van der Waals surface area contributed by atoms with E-state index in [9.17, 15) is 4.79 Å². The van der Waals surface area contributed by atoms with Crippen molar-refractivity contribution in [3.8, 4) is 0 Å². The zero-order chi connectivity index (χ0) is 20.7. The average molecular weight is 466 g/mol. The van der Waals surface area contributed by atoms with Gasteiger partial charge in [-0.15, -0.1) is 0 Å². The van der Waals surface area contributed by atoms with Crippen LogP contribution >= 0.6 is 15.9 Å². The molecule has 4 heterocycles. The molecule has 0 spiro atoms. The molecule has 0 saturated carbocycles. The Labute approximate surface area is 181 Å². The van der Waals surface area contributed by atoms with Gasteiger partial charge < -0.3 is 20.9 Å². The predicted octanol–water partition coefficient (Wildman–Crippen LogP) is 3.45. The third-order valence-electron chi connectivity index (χ3n) is 5.33. The van der Waals surface area contributed by atoms with Crippen LogP contribution in [0.4, 0.5) is 11.4 Å². The zero-order valence-corrected chi connectivity index (χ0v) is 17.7. The van der Waals surface area contributed by atoms with Crippen LogP contribution in [0.25, 0.3) is 22.1 Å². The molecule has 1 atom stereocenters. The van der Waals surface area contributed by atoms with Crippen LogP contribution in [0.15, 0.2) is 47.3 Å². The highest BCUT2D eigenvalue weighted by atomic mass is 79.9. The largest absolute Gasteiger partial charge is 0.368 e. The Morgan fingerprint density at radius 1 is 1.23 bits per heavy atom. The SMILES string of the molecule is NC1CCCN(c2c(Br)cnc3[nH]cc(NC(=O)c4cnc5ccccc5n4)c23)C1. The maximum atomic E-state index is 12.9. The summed E-state index contributed by atoms with van der Waals surface area (Å²) >= 11 is 3.64. The molecule has 152 valence electrons. The summed E-state index contributed by atoms with van der Waals surface area (Å²) in [5.41, 5.74) is 10.2. The number of anilines is 2. The number of aromatic amines is 1. The van der Waals surface area contributed by atoms with Crippen molar-refractivity contribution >= 4 is 55.3 Å². The number of halogens is 1. The maximum Gasteiger partial charge on any atom is 0.275 e. The van der Waals surface area contributed by atoms with E-state index >= 15 is 0 Å². The summed E-state index contributed by atoms with van der Waals surface area (Å²) in [4.78, 5) is 31.6. The van der Waals surface area contributed by atoms with E-state index in [1.165, 1.54) is 6.20 Å². The number of piperidine rings is 1. The van der Waals surface area contributed by atoms with Crippen LogP contribution in [-0.2, 0) is 0 Å². The van der Waals surface area contributed by atoms with Crippen LogP contribution in [0.2, 0.25) is 0 Å². The predicted molar refractivity (Wildman–Crippen MR) is 121 cm³/mol. The Morgan fingerprint density at radius 3 is 2.90 bits per heavy atom. The molecule has 5 rings (SSSR count). The number of nitrogens with one attached hydrogen (secondary N) is 2. The highest BCUT2D eigenvalue weighted by molar-refractivity contribution is 9.10. The van der Waals surface area contributed by atoms with Gasteiger partial charge in [0.2, 0.25) is 0 Å². The lowest BCUT2D eigenvalue weighted by Crippen LogP contribution is -2.43. The first-order valence-corrected chi connectivity index (χ1v) is 10.6. The van der Waals surface area contributed by atoms with E-state index < -0.39 is 0 Å². The minimum atomic E-state index is -0.324. The molecule has 0 bridgehead atoms. The number of fused-ring (bicyclic) bond motifs is 2. The molecule has 8 nitrogen and oxygen atoms in total. The van der Waals surface area contributed by atoms with E-state index in [4.69, 9.17) is 5.73 Å². The van der Waals surface area contributed by atoms with E-state index in [0.29, 0.717) is 16.9 Å². The number of nitrogens with two attached hydrogens (primary N) is 1. The molecule has 0 radical (unpaired) electrons. The van der Waals surface area contributed by atoms with Gasteiger partial charge in [-0.2, -0.15) is 0 Å². The Balaban J connectivity index is 1.52. The second-order valence-electron chi connectivity index (χ2n) is 7.43. The topological polar surface area (TPSA) is 113 Å². The molecular formula is C21H20BrN7O. The normalized spacial score (nSPS) is 16.9. The van der Waals surface area contributed by atoms with Gasteiger partial charge in [0.1, 0.15) is 11.3 Å². The van der Waals surface area contributed by atoms with Gasteiger partial charge in [-0.25, -0.2) is 9.97 Å². The Bertz CT molecular complexity index is 1250. The highest BCUT2D eigenvalue weighted by Gasteiger charge is 2.24. The lowest BCUT2D eigenvalue weighted by atomic mass is 10.1. The molecule has 30 heavy (non-hydrogen) atoms. The number of rotatable bonds is 3. The maximum absolute atomic E-state index is 12.9. The van der Waals surface area contributed by atoms with Crippen molar-refractivity contribution in [1.82, 2.24) is 19.9 Å². The molecule has 3 aromatic heterocycles. The summed E-state index contributed by atoms with van der Waals surface area (Å²) in [6.07, 6.45) is 7.06. The van der Waals surface area contributed by atoms with Crippen molar-refractivity contribution in [3.63, 3.8) is 0 Å². The smallest absolute Gasteiger partial charge is 0.275 e. The number of pyridine rings is 1. The molecule has 1 amide bonds. The van der Waals surface area contributed by atoms with Gasteiger partial charge in [0, 0.05) is 31.5 Å². The van der Waals surface area contributed by atoms with Crippen LogP contribution in [0.5, 0.6) is 0 Å². The van der Waals surface area contributed by atoms with E-state index in [-0.39, 0.29) is 17.6 Å². The van der Waals surface area contributed by atoms with E-state index in [0.717, 1.165) is 47.0 Å². The standard InChI is InChI=1S/C21H20BrN7O/c22-13-8-25-20-18(19(13)29-7-3-4-12(23)11-29)16(9-26-20)28-21(30)17-10-24-14-5-1-2-6-15(14)27-17/h1-2,5-6,8-10,12H,3-4,7,11,23H2,(H,25,26)(H,28,30). The van der Waals surface area contributed by atoms with Gasteiger partial charge in [0.05, 0.1) is 38.5 Å². The van der Waals surface area contributed by atoms with Gasteiger partial charge in [0.15, 0.2) is 0 Å². The molecule has 4 N–H and O–H groups in total. The van der Waals surface area contributed by atoms with Gasteiger partial charge >= 0.3 is 0 Å². The number of amides is 1. The Morgan fingerprint density at radius 2 is 2.07 bits per heavy atom. The minimum absolute atomic E-state index is 0.124. The zero-order valence-electron chi connectivity index (χ0n) is 16.1. The lowest BCUT2D eigenvalue weighted by Gasteiger charge is -2.33. The van der Waals surface area contributed by atoms with Gasteiger partial charge in [-0.05, 0) is 40.9 Å². The van der Waals surface area contributed by atoms with E-state index in [1.54, 1.807) is 12.4 Å². The van der Waals surface area contributed by atoms with Crippen molar-refractivity contribution < 1.29 is 4.79 Å². The molecule has 9 heteroatoms. The number of benzene rings is 1. The molecule has 1 unspecified atom stereocenters. The van der Waals surface area contributed by atoms with Crippen molar-refractivity contribution in [2.75, 3.05) is 23.3 Å². The van der Waals surface area contributed by atoms with Gasteiger partial charge in [-0.3, -0.25) is 9.78 Å². The third-order valence-corrected chi connectivity index (χ3v) is 5.91. The fourth-order valence-corrected chi connectivity index (χ4v) is 4.48. The summed E-state index contributed by atoms with van der Waals surface area (Å²) < 4.78 is 0.865. The van der Waals surface area contributed by atoms with Crippen LogP contribution in [-0.4, -0.2) is 45.0 Å². The van der Waals surface area contributed by atoms with Crippen LogP contribution in [0.3, 0.4) is 0 Å². The van der Waals surface area contributed by atoms with Crippen LogP contribution < -0.4 is 16.0 Å². The third kappa shape index (κ3) is 3.40. The lowest BCUT2D eigenvalue weighted by molar-refractivity contribution is 0.102. The Hall–Kier alpha value is -3.04. The second-order valence-corrected chi connectivity index (χ2v) is 8.28. The molecule has 0 aliphatic carbocycles. The van der Waals surface area contributed by atoms with E-state index in [2.05, 4.69) is 46.1 Å². The number of carbonyl (C=O) groups excluding carboxylic acids is 1. The average Bonchev–Trinajstić information content (AvgIpc) is 3.16. The summed E-state index contributed by atoms with van der Waals surface area (Å²) in [7, 11) is 0. The summed E-state index contributed by atoms with van der Waals surface area (Å²) in [5, 5.41) is 3.82. The van der Waals surface area contributed by atoms with Crippen molar-refractivity contribution in [1.29, 1.82) is 0 Å². The quantitative estimate of drug-likeness (QED) is 0.427. The molecule has 1 fully saturated rings. The molecule has 1 aromatic carbocycles. The molecular weight excluding hydrogens is 446 g/mol. The first-order chi connectivity index (χ1) is 14.6. The van der Waals surface area contributed by atoms with Gasteiger partial charge in [0.25, 0.3) is 5.91 Å². The monoisotopic (exact) mass is 465 g/mol. The number of hydrogen-bond acceptors (Lipinski definition) is 6. The highest BCUT2D eigenvalue weighted by Crippen LogP contribution is 2.38. The number of aromatic nitrogens is 4. The number of hydrogen-bond donors (Lipinski definition) is 3. The van der Waals surface area contributed by atoms with Crippen molar-refractivity contribution in [2.45, 2.75) is 18.9 Å². The van der Waals surface area contributed by atoms with Crippen LogP contribution in [0, 0.1) is 0 Å². The second kappa shape index (κ2) is 7.66.